The molecule has 0 aliphatic carbocycles. The molecule has 0 radical (unpaired) electrons. The van der Waals surface area contributed by atoms with E-state index in [2.05, 4.69) is 26.5 Å². The Morgan fingerprint density at radius 1 is 1.40 bits per heavy atom. The summed E-state index contributed by atoms with van der Waals surface area (Å²) >= 11 is 4.16. The first kappa shape index (κ1) is 12.4. The lowest BCUT2D eigenvalue weighted by Gasteiger charge is -2.12. The molecule has 3 heteroatoms. The van der Waals surface area contributed by atoms with Crippen LogP contribution in [0.3, 0.4) is 0 Å². The molecule has 0 spiro atoms. The van der Waals surface area contributed by atoms with E-state index in [9.17, 15) is 4.79 Å². The smallest absolute Gasteiger partial charge is 0.254 e. The van der Waals surface area contributed by atoms with E-state index in [0.29, 0.717) is 11.7 Å². The monoisotopic (exact) mass is 225 g/mol. The summed E-state index contributed by atoms with van der Waals surface area (Å²) < 4.78 is 1.85. The highest BCUT2D eigenvalue weighted by atomic mass is 32.1. The number of thiol groups is 1. The molecule has 1 aromatic rings. The molecule has 1 aromatic heterocycles. The molecule has 0 aliphatic rings. The van der Waals surface area contributed by atoms with Crippen LogP contribution in [-0.2, 0) is 12.3 Å². The van der Waals surface area contributed by atoms with Crippen molar-refractivity contribution in [3.63, 3.8) is 0 Å². The van der Waals surface area contributed by atoms with E-state index < -0.39 is 0 Å². The van der Waals surface area contributed by atoms with Crippen LogP contribution in [-0.4, -0.2) is 4.57 Å². The van der Waals surface area contributed by atoms with E-state index in [1.807, 2.05) is 23.6 Å². The SMILES string of the molecule is Cc1ccc(CS)c(=O)n1CCC(C)C. The summed E-state index contributed by atoms with van der Waals surface area (Å²) in [5, 5.41) is 0. The van der Waals surface area contributed by atoms with Crippen molar-refractivity contribution in [1.29, 1.82) is 0 Å². The van der Waals surface area contributed by atoms with Gasteiger partial charge in [-0.15, -0.1) is 0 Å². The minimum absolute atomic E-state index is 0.116. The van der Waals surface area contributed by atoms with Crippen LogP contribution in [0.15, 0.2) is 16.9 Å². The highest BCUT2D eigenvalue weighted by Crippen LogP contribution is 2.05. The topological polar surface area (TPSA) is 22.0 Å². The largest absolute Gasteiger partial charge is 0.313 e. The predicted octanol–water partition coefficient (Wildman–Crippen LogP) is 2.63. The molecule has 1 rings (SSSR count). The number of aromatic nitrogens is 1. The molecule has 0 saturated heterocycles. The Morgan fingerprint density at radius 2 is 2.07 bits per heavy atom. The lowest BCUT2D eigenvalue weighted by molar-refractivity contribution is 0.500. The third kappa shape index (κ3) is 3.13. The van der Waals surface area contributed by atoms with Crippen LogP contribution >= 0.6 is 12.6 Å². The van der Waals surface area contributed by atoms with Crippen molar-refractivity contribution in [1.82, 2.24) is 4.57 Å². The van der Waals surface area contributed by atoms with Crippen molar-refractivity contribution in [3.05, 3.63) is 33.7 Å². The van der Waals surface area contributed by atoms with Gasteiger partial charge in [-0.2, -0.15) is 12.6 Å². The zero-order chi connectivity index (χ0) is 11.4. The third-order valence-electron chi connectivity index (χ3n) is 2.57. The molecule has 0 unspecified atom stereocenters. The Morgan fingerprint density at radius 3 is 2.60 bits per heavy atom. The van der Waals surface area contributed by atoms with Crippen molar-refractivity contribution in [3.8, 4) is 0 Å². The number of rotatable bonds is 4. The van der Waals surface area contributed by atoms with Gasteiger partial charge in [-0.05, 0) is 25.3 Å². The Balaban J connectivity index is 2.99. The fraction of sp³-hybridized carbons (Fsp3) is 0.583. The third-order valence-corrected chi connectivity index (χ3v) is 2.91. The van der Waals surface area contributed by atoms with Crippen LogP contribution in [0.4, 0.5) is 0 Å². The Bertz CT molecular complexity index is 382. The molecule has 2 nitrogen and oxygen atoms in total. The van der Waals surface area contributed by atoms with Gasteiger partial charge in [-0.3, -0.25) is 4.79 Å². The summed E-state index contributed by atoms with van der Waals surface area (Å²) in [5.74, 6) is 1.14. The van der Waals surface area contributed by atoms with Gasteiger partial charge in [0.25, 0.3) is 5.56 Å². The highest BCUT2D eigenvalue weighted by Gasteiger charge is 2.05. The molecule has 0 aliphatic heterocycles. The average molecular weight is 225 g/mol. The molecular weight excluding hydrogens is 206 g/mol. The second-order valence-corrected chi connectivity index (χ2v) is 4.61. The number of aryl methyl sites for hydroxylation is 1. The molecule has 0 saturated carbocycles. The van der Waals surface area contributed by atoms with Crippen LogP contribution in [0.1, 0.15) is 31.5 Å². The summed E-state index contributed by atoms with van der Waals surface area (Å²) in [6, 6.07) is 3.86. The van der Waals surface area contributed by atoms with E-state index in [4.69, 9.17) is 0 Å². The highest BCUT2D eigenvalue weighted by molar-refractivity contribution is 7.79. The molecule has 0 fully saturated rings. The van der Waals surface area contributed by atoms with Crippen LogP contribution < -0.4 is 5.56 Å². The second-order valence-electron chi connectivity index (χ2n) is 4.30. The van der Waals surface area contributed by atoms with Crippen molar-refractivity contribution >= 4 is 12.6 Å². The average Bonchev–Trinajstić information content (AvgIpc) is 2.17. The first-order valence-electron chi connectivity index (χ1n) is 5.36. The minimum Gasteiger partial charge on any atom is -0.313 e. The lowest BCUT2D eigenvalue weighted by atomic mass is 10.1. The van der Waals surface area contributed by atoms with Gasteiger partial charge in [-0.25, -0.2) is 0 Å². The van der Waals surface area contributed by atoms with Gasteiger partial charge < -0.3 is 4.57 Å². The van der Waals surface area contributed by atoms with Crippen LogP contribution in [0.25, 0.3) is 0 Å². The van der Waals surface area contributed by atoms with Gasteiger partial charge in [0.1, 0.15) is 0 Å². The molecule has 0 atom stereocenters. The zero-order valence-corrected chi connectivity index (χ0v) is 10.6. The fourth-order valence-electron chi connectivity index (χ4n) is 1.50. The van der Waals surface area contributed by atoms with Gasteiger partial charge in [0.05, 0.1) is 0 Å². The molecular formula is C12H19NOS. The van der Waals surface area contributed by atoms with Gasteiger partial charge in [0.15, 0.2) is 0 Å². The number of pyridine rings is 1. The second kappa shape index (κ2) is 5.40. The maximum Gasteiger partial charge on any atom is 0.254 e. The fourth-order valence-corrected chi connectivity index (χ4v) is 1.74. The maximum absolute atomic E-state index is 11.9. The normalized spacial score (nSPS) is 11.0. The number of nitrogens with zero attached hydrogens (tertiary/aromatic N) is 1. The standard InChI is InChI=1S/C12H19NOS/c1-9(2)6-7-13-10(3)4-5-11(8-15)12(13)14/h4-5,9,15H,6-8H2,1-3H3. The summed E-state index contributed by atoms with van der Waals surface area (Å²) in [4.78, 5) is 11.9. The van der Waals surface area contributed by atoms with Crippen molar-refractivity contribution in [2.75, 3.05) is 0 Å². The predicted molar refractivity (Wildman–Crippen MR) is 67.6 cm³/mol. The molecule has 15 heavy (non-hydrogen) atoms. The van der Waals surface area contributed by atoms with Crippen molar-refractivity contribution in [2.45, 2.75) is 39.5 Å². The molecule has 0 N–H and O–H groups in total. The van der Waals surface area contributed by atoms with Crippen LogP contribution in [0.2, 0.25) is 0 Å². The lowest BCUT2D eigenvalue weighted by Crippen LogP contribution is -2.25. The van der Waals surface area contributed by atoms with E-state index in [1.165, 1.54) is 0 Å². The molecule has 0 bridgehead atoms. The summed E-state index contributed by atoms with van der Waals surface area (Å²) in [6.45, 7) is 7.12. The van der Waals surface area contributed by atoms with E-state index in [0.717, 1.165) is 24.2 Å². The summed E-state index contributed by atoms with van der Waals surface area (Å²) in [5.41, 5.74) is 1.93. The van der Waals surface area contributed by atoms with Gasteiger partial charge in [-0.1, -0.05) is 19.9 Å². The molecule has 0 amide bonds. The van der Waals surface area contributed by atoms with Gasteiger partial charge in [0, 0.05) is 23.6 Å². The Hall–Kier alpha value is -0.700. The number of hydrogen-bond acceptors (Lipinski definition) is 2. The quantitative estimate of drug-likeness (QED) is 0.782. The van der Waals surface area contributed by atoms with Gasteiger partial charge >= 0.3 is 0 Å². The molecule has 0 aromatic carbocycles. The zero-order valence-electron chi connectivity index (χ0n) is 9.66. The van der Waals surface area contributed by atoms with E-state index in [-0.39, 0.29) is 5.56 Å². The van der Waals surface area contributed by atoms with E-state index in [1.54, 1.807) is 0 Å². The summed E-state index contributed by atoms with van der Waals surface area (Å²) in [7, 11) is 0. The Kier molecular flexibility index (Phi) is 4.45. The summed E-state index contributed by atoms with van der Waals surface area (Å²) in [6.07, 6.45) is 1.04. The van der Waals surface area contributed by atoms with Gasteiger partial charge in [0.2, 0.25) is 0 Å². The number of hydrogen-bond donors (Lipinski definition) is 1. The maximum atomic E-state index is 11.9. The minimum atomic E-state index is 0.116. The molecule has 84 valence electrons. The van der Waals surface area contributed by atoms with E-state index >= 15 is 0 Å². The first-order chi connectivity index (χ1) is 7.06. The first-order valence-corrected chi connectivity index (χ1v) is 5.99. The van der Waals surface area contributed by atoms with Crippen LogP contribution in [0, 0.1) is 12.8 Å². The molecule has 1 heterocycles. The van der Waals surface area contributed by atoms with Crippen LogP contribution in [0.5, 0.6) is 0 Å². The van der Waals surface area contributed by atoms with Crippen molar-refractivity contribution in [2.24, 2.45) is 5.92 Å². The van der Waals surface area contributed by atoms with Crippen molar-refractivity contribution < 1.29 is 0 Å². The Labute approximate surface area is 96.7 Å².